The molecule has 0 aliphatic rings. The third-order valence-electron chi connectivity index (χ3n) is 2.42. The molecule has 1 aromatic carbocycles. The fraction of sp³-hybridized carbons (Fsp3) is 0. The van der Waals surface area contributed by atoms with Crippen molar-refractivity contribution in [2.75, 3.05) is 5.73 Å². The molecule has 2 aromatic heterocycles. The third-order valence-corrected chi connectivity index (χ3v) is 3.34. The van der Waals surface area contributed by atoms with Crippen LogP contribution in [0.3, 0.4) is 0 Å². The van der Waals surface area contributed by atoms with Crippen LogP contribution in [0.2, 0.25) is 0 Å². The number of aromatic nitrogens is 2. The molecule has 2 N–H and O–H groups in total. The topological polar surface area (TPSA) is 64.9 Å². The molecule has 0 saturated heterocycles. The second kappa shape index (κ2) is 4.23. The lowest BCUT2D eigenvalue weighted by Gasteiger charge is -1.92. The van der Waals surface area contributed by atoms with E-state index in [1.807, 2.05) is 5.38 Å². The van der Waals surface area contributed by atoms with Crippen LogP contribution < -0.4 is 5.73 Å². The normalized spacial score (nSPS) is 10.7. The van der Waals surface area contributed by atoms with Gasteiger partial charge in [-0.05, 0) is 35.7 Å². The molecule has 2 heterocycles. The lowest BCUT2D eigenvalue weighted by atomic mass is 10.2. The first-order valence-corrected chi connectivity index (χ1v) is 6.05. The van der Waals surface area contributed by atoms with Crippen molar-refractivity contribution in [1.29, 1.82) is 0 Å². The van der Waals surface area contributed by atoms with E-state index in [0.717, 1.165) is 4.88 Å². The van der Waals surface area contributed by atoms with E-state index in [9.17, 15) is 4.39 Å². The monoisotopic (exact) mass is 261 g/mol. The number of halogens is 1. The van der Waals surface area contributed by atoms with Gasteiger partial charge in [0, 0.05) is 5.56 Å². The third kappa shape index (κ3) is 1.86. The van der Waals surface area contributed by atoms with E-state index in [1.54, 1.807) is 18.2 Å². The molecule has 6 heteroatoms. The number of hydrogen-bond donors (Lipinski definition) is 1. The average molecular weight is 261 g/mol. The number of benzene rings is 1. The van der Waals surface area contributed by atoms with E-state index in [4.69, 9.17) is 10.3 Å². The van der Waals surface area contributed by atoms with Crippen molar-refractivity contribution < 1.29 is 8.91 Å². The number of anilines is 1. The summed E-state index contributed by atoms with van der Waals surface area (Å²) in [6.07, 6.45) is 0. The largest absolute Gasteiger partial charge is 0.397 e. The van der Waals surface area contributed by atoms with Gasteiger partial charge in [-0.25, -0.2) is 4.39 Å². The van der Waals surface area contributed by atoms with Crippen LogP contribution in [-0.4, -0.2) is 10.1 Å². The molecule has 0 aliphatic heterocycles. The van der Waals surface area contributed by atoms with Gasteiger partial charge < -0.3 is 10.3 Å². The minimum Gasteiger partial charge on any atom is -0.397 e. The van der Waals surface area contributed by atoms with Crippen molar-refractivity contribution >= 4 is 17.0 Å². The predicted molar refractivity (Wildman–Crippen MR) is 67.4 cm³/mol. The van der Waals surface area contributed by atoms with Crippen LogP contribution in [0.4, 0.5) is 10.1 Å². The standard InChI is InChI=1S/C12H8FN3OS/c13-8-3-1-7(2-4-8)11-15-12(17-16-11)10-9(14)5-6-18-10/h1-6H,14H2. The Morgan fingerprint density at radius 2 is 1.94 bits per heavy atom. The summed E-state index contributed by atoms with van der Waals surface area (Å²) in [7, 11) is 0. The van der Waals surface area contributed by atoms with Crippen LogP contribution in [0.15, 0.2) is 40.2 Å². The summed E-state index contributed by atoms with van der Waals surface area (Å²) in [4.78, 5) is 4.99. The van der Waals surface area contributed by atoms with E-state index in [1.165, 1.54) is 23.5 Å². The highest BCUT2D eigenvalue weighted by atomic mass is 32.1. The summed E-state index contributed by atoms with van der Waals surface area (Å²) in [5.74, 6) is 0.490. The Balaban J connectivity index is 1.99. The SMILES string of the molecule is Nc1ccsc1-c1nc(-c2ccc(F)cc2)no1. The predicted octanol–water partition coefficient (Wildman–Crippen LogP) is 3.19. The van der Waals surface area contributed by atoms with Crippen molar-refractivity contribution in [3.8, 4) is 22.2 Å². The average Bonchev–Trinajstić information content (AvgIpc) is 2.98. The molecule has 3 aromatic rings. The molecule has 0 aliphatic carbocycles. The molecule has 0 saturated carbocycles. The van der Waals surface area contributed by atoms with E-state index in [-0.39, 0.29) is 5.82 Å². The Kier molecular flexibility index (Phi) is 2.56. The van der Waals surface area contributed by atoms with Crippen molar-refractivity contribution in [1.82, 2.24) is 10.1 Å². The zero-order chi connectivity index (χ0) is 12.5. The quantitative estimate of drug-likeness (QED) is 0.769. The Morgan fingerprint density at radius 1 is 1.17 bits per heavy atom. The van der Waals surface area contributed by atoms with Crippen LogP contribution in [0, 0.1) is 5.82 Å². The van der Waals surface area contributed by atoms with Gasteiger partial charge in [0.25, 0.3) is 5.89 Å². The minimum absolute atomic E-state index is 0.301. The number of thiophene rings is 1. The second-order valence-electron chi connectivity index (χ2n) is 3.64. The Hall–Kier alpha value is -2.21. The fourth-order valence-electron chi connectivity index (χ4n) is 1.52. The number of rotatable bonds is 2. The lowest BCUT2D eigenvalue weighted by Crippen LogP contribution is -1.84. The molecule has 0 bridgehead atoms. The summed E-state index contributed by atoms with van der Waals surface area (Å²) in [5, 5.41) is 5.71. The van der Waals surface area contributed by atoms with Gasteiger partial charge in [0.1, 0.15) is 10.7 Å². The van der Waals surface area contributed by atoms with Crippen LogP contribution in [0.25, 0.3) is 22.2 Å². The molecule has 0 spiro atoms. The van der Waals surface area contributed by atoms with Crippen LogP contribution in [-0.2, 0) is 0 Å². The van der Waals surface area contributed by atoms with E-state index in [0.29, 0.717) is 23.0 Å². The van der Waals surface area contributed by atoms with Gasteiger partial charge in [-0.15, -0.1) is 11.3 Å². The van der Waals surface area contributed by atoms with Gasteiger partial charge in [0.05, 0.1) is 5.69 Å². The first kappa shape index (κ1) is 10.9. The van der Waals surface area contributed by atoms with Gasteiger partial charge in [0.2, 0.25) is 5.82 Å². The lowest BCUT2D eigenvalue weighted by molar-refractivity contribution is 0.433. The Morgan fingerprint density at radius 3 is 2.61 bits per heavy atom. The molecule has 3 rings (SSSR count). The summed E-state index contributed by atoms with van der Waals surface area (Å²) < 4.78 is 18.0. The summed E-state index contributed by atoms with van der Waals surface area (Å²) in [6.45, 7) is 0. The molecule has 0 unspecified atom stereocenters. The number of nitrogen functional groups attached to an aromatic ring is 1. The summed E-state index contributed by atoms with van der Waals surface area (Å²) in [6, 6.07) is 7.68. The van der Waals surface area contributed by atoms with Gasteiger partial charge in [0.15, 0.2) is 0 Å². The van der Waals surface area contributed by atoms with E-state index in [2.05, 4.69) is 10.1 Å². The summed E-state index contributed by atoms with van der Waals surface area (Å²) in [5.41, 5.74) is 7.08. The van der Waals surface area contributed by atoms with Gasteiger partial charge >= 0.3 is 0 Å². The maximum atomic E-state index is 12.8. The zero-order valence-corrected chi connectivity index (χ0v) is 9.95. The smallest absolute Gasteiger partial charge is 0.270 e. The molecule has 0 atom stereocenters. The molecule has 0 amide bonds. The van der Waals surface area contributed by atoms with Crippen molar-refractivity contribution in [2.45, 2.75) is 0 Å². The zero-order valence-electron chi connectivity index (χ0n) is 9.13. The first-order chi connectivity index (χ1) is 8.74. The second-order valence-corrected chi connectivity index (χ2v) is 4.55. The minimum atomic E-state index is -0.301. The molecular weight excluding hydrogens is 253 g/mol. The van der Waals surface area contributed by atoms with Gasteiger partial charge in [-0.3, -0.25) is 0 Å². The maximum Gasteiger partial charge on any atom is 0.270 e. The van der Waals surface area contributed by atoms with E-state index < -0.39 is 0 Å². The first-order valence-electron chi connectivity index (χ1n) is 5.17. The Bertz CT molecular complexity index is 675. The number of nitrogens with zero attached hydrogens (tertiary/aromatic N) is 2. The molecule has 18 heavy (non-hydrogen) atoms. The van der Waals surface area contributed by atoms with Crippen LogP contribution >= 0.6 is 11.3 Å². The van der Waals surface area contributed by atoms with Crippen LogP contribution in [0.5, 0.6) is 0 Å². The van der Waals surface area contributed by atoms with Gasteiger partial charge in [-0.2, -0.15) is 4.98 Å². The van der Waals surface area contributed by atoms with Crippen molar-refractivity contribution in [3.63, 3.8) is 0 Å². The molecule has 4 nitrogen and oxygen atoms in total. The highest BCUT2D eigenvalue weighted by Gasteiger charge is 2.13. The number of hydrogen-bond acceptors (Lipinski definition) is 5. The Labute approximate surface area is 106 Å². The van der Waals surface area contributed by atoms with Crippen molar-refractivity contribution in [2.24, 2.45) is 0 Å². The van der Waals surface area contributed by atoms with Crippen LogP contribution in [0.1, 0.15) is 0 Å². The highest BCUT2D eigenvalue weighted by Crippen LogP contribution is 2.31. The molecule has 0 radical (unpaired) electrons. The summed E-state index contributed by atoms with van der Waals surface area (Å²) >= 11 is 1.43. The molecule has 0 fully saturated rings. The maximum absolute atomic E-state index is 12.8. The number of nitrogens with two attached hydrogens (primary N) is 1. The highest BCUT2D eigenvalue weighted by molar-refractivity contribution is 7.14. The van der Waals surface area contributed by atoms with Gasteiger partial charge in [-0.1, -0.05) is 5.16 Å². The van der Waals surface area contributed by atoms with E-state index >= 15 is 0 Å². The molecular formula is C12H8FN3OS. The fourth-order valence-corrected chi connectivity index (χ4v) is 2.26. The molecule has 90 valence electrons. The van der Waals surface area contributed by atoms with Crippen molar-refractivity contribution in [3.05, 3.63) is 41.5 Å².